The third kappa shape index (κ3) is 6.93. The van der Waals surface area contributed by atoms with E-state index in [1.54, 1.807) is 7.05 Å². The van der Waals surface area contributed by atoms with Crippen LogP contribution in [0.1, 0.15) is 41.0 Å². The lowest BCUT2D eigenvalue weighted by molar-refractivity contribution is -0.136. The molecule has 0 aliphatic carbocycles. The van der Waals surface area contributed by atoms with Gasteiger partial charge in [0.15, 0.2) is 0 Å². The highest BCUT2D eigenvalue weighted by atomic mass is 16.2. The van der Waals surface area contributed by atoms with Crippen molar-refractivity contribution in [3.8, 4) is 0 Å². The smallest absolute Gasteiger partial charge is 0.240 e. The van der Waals surface area contributed by atoms with E-state index in [9.17, 15) is 9.59 Å². The molecule has 0 aromatic carbocycles. The van der Waals surface area contributed by atoms with Crippen LogP contribution in [0.3, 0.4) is 0 Å². The molecule has 1 saturated heterocycles. The molecule has 0 aromatic heterocycles. The fourth-order valence-corrected chi connectivity index (χ4v) is 2.99. The molecule has 0 spiro atoms. The monoisotopic (exact) mass is 297 g/mol. The minimum absolute atomic E-state index is 0.0142. The predicted molar refractivity (Wildman–Crippen MR) is 84.9 cm³/mol. The molecule has 1 aliphatic rings. The van der Waals surface area contributed by atoms with Crippen LogP contribution in [0, 0.1) is 11.8 Å². The van der Waals surface area contributed by atoms with E-state index in [1.807, 2.05) is 20.8 Å². The molecule has 21 heavy (non-hydrogen) atoms. The Balaban J connectivity index is 2.42. The van der Waals surface area contributed by atoms with E-state index < -0.39 is 0 Å². The van der Waals surface area contributed by atoms with Gasteiger partial charge in [-0.05, 0) is 39.0 Å². The molecule has 0 unspecified atom stereocenters. The second-order valence-electron chi connectivity index (χ2n) is 7.69. The molecule has 2 atom stereocenters. The summed E-state index contributed by atoms with van der Waals surface area (Å²) in [5.41, 5.74) is -0.265. The molecule has 122 valence electrons. The molecular weight excluding hydrogens is 266 g/mol. The summed E-state index contributed by atoms with van der Waals surface area (Å²) >= 11 is 0. The molecule has 0 saturated carbocycles. The minimum atomic E-state index is -0.265. The van der Waals surface area contributed by atoms with E-state index in [4.69, 9.17) is 0 Å². The van der Waals surface area contributed by atoms with Gasteiger partial charge in [0.1, 0.15) is 0 Å². The largest absolute Gasteiger partial charge is 0.350 e. The van der Waals surface area contributed by atoms with Gasteiger partial charge in [-0.25, -0.2) is 0 Å². The predicted octanol–water partition coefficient (Wildman–Crippen LogP) is 1.34. The molecule has 2 amide bonds. The average molecular weight is 297 g/mol. The molecule has 0 aromatic rings. The van der Waals surface area contributed by atoms with Crippen LogP contribution in [-0.4, -0.2) is 60.4 Å². The van der Waals surface area contributed by atoms with Crippen LogP contribution in [0.2, 0.25) is 0 Å². The minimum Gasteiger partial charge on any atom is -0.350 e. The molecule has 5 nitrogen and oxygen atoms in total. The van der Waals surface area contributed by atoms with Gasteiger partial charge >= 0.3 is 0 Å². The molecule has 0 bridgehead atoms. The summed E-state index contributed by atoms with van der Waals surface area (Å²) in [6.45, 7) is 12.7. The van der Waals surface area contributed by atoms with Crippen LogP contribution in [-0.2, 0) is 9.59 Å². The number of carbonyl (C=O) groups is 2. The summed E-state index contributed by atoms with van der Waals surface area (Å²) in [5.74, 6) is 1.17. The maximum Gasteiger partial charge on any atom is 0.240 e. The van der Waals surface area contributed by atoms with Crippen LogP contribution < -0.4 is 5.32 Å². The van der Waals surface area contributed by atoms with E-state index in [-0.39, 0.29) is 23.9 Å². The van der Waals surface area contributed by atoms with Gasteiger partial charge < -0.3 is 10.2 Å². The topological polar surface area (TPSA) is 52.7 Å². The number of nitrogens with zero attached hydrogens (tertiary/aromatic N) is 2. The summed E-state index contributed by atoms with van der Waals surface area (Å²) in [6, 6.07) is 0. The zero-order valence-corrected chi connectivity index (χ0v) is 14.4. The second kappa shape index (κ2) is 7.25. The van der Waals surface area contributed by atoms with Gasteiger partial charge in [0.25, 0.3) is 0 Å². The average Bonchev–Trinajstić information content (AvgIpc) is 2.24. The number of hydrogen-bond acceptors (Lipinski definition) is 3. The lowest BCUT2D eigenvalue weighted by atomic mass is 9.92. The Bertz CT molecular complexity index is 366. The van der Waals surface area contributed by atoms with Crippen molar-refractivity contribution < 1.29 is 9.59 Å². The number of likely N-dealkylation sites (tertiary alicyclic amines) is 1. The van der Waals surface area contributed by atoms with Crippen LogP contribution in [0.15, 0.2) is 0 Å². The Morgan fingerprint density at radius 1 is 1.19 bits per heavy atom. The summed E-state index contributed by atoms with van der Waals surface area (Å²) in [5, 5.41) is 2.88. The van der Waals surface area contributed by atoms with Crippen LogP contribution >= 0.6 is 0 Å². The van der Waals surface area contributed by atoms with Crippen molar-refractivity contribution in [3.63, 3.8) is 0 Å². The first kappa shape index (κ1) is 18.0. The molecular formula is C16H31N3O2. The van der Waals surface area contributed by atoms with E-state index in [2.05, 4.69) is 24.1 Å². The Morgan fingerprint density at radius 3 is 2.19 bits per heavy atom. The Kier molecular flexibility index (Phi) is 6.20. The number of likely N-dealkylation sites (N-methyl/N-ethyl adjacent to an activating group) is 1. The van der Waals surface area contributed by atoms with Gasteiger partial charge in [0.2, 0.25) is 11.8 Å². The van der Waals surface area contributed by atoms with Gasteiger partial charge in [-0.2, -0.15) is 0 Å². The van der Waals surface area contributed by atoms with Crippen LogP contribution in [0.5, 0.6) is 0 Å². The highest BCUT2D eigenvalue weighted by Crippen LogP contribution is 2.20. The normalized spacial score (nSPS) is 23.7. The van der Waals surface area contributed by atoms with Gasteiger partial charge in [0, 0.05) is 25.7 Å². The van der Waals surface area contributed by atoms with Crippen molar-refractivity contribution in [2.45, 2.75) is 46.6 Å². The lowest BCUT2D eigenvalue weighted by Gasteiger charge is -2.35. The molecule has 1 rings (SSSR count). The van der Waals surface area contributed by atoms with Gasteiger partial charge in [-0.3, -0.25) is 14.5 Å². The molecule has 5 heteroatoms. The maximum absolute atomic E-state index is 12.2. The number of nitrogens with one attached hydrogen (secondary N) is 1. The number of hydrogen-bond donors (Lipinski definition) is 1. The van der Waals surface area contributed by atoms with E-state index in [1.165, 1.54) is 11.3 Å². The van der Waals surface area contributed by atoms with Crippen molar-refractivity contribution in [2.75, 3.05) is 33.2 Å². The van der Waals surface area contributed by atoms with Crippen LogP contribution in [0.25, 0.3) is 0 Å². The number of rotatable bonds is 4. The summed E-state index contributed by atoms with van der Waals surface area (Å²) in [4.78, 5) is 27.8. The fourth-order valence-electron chi connectivity index (χ4n) is 2.99. The van der Waals surface area contributed by atoms with Gasteiger partial charge in [-0.1, -0.05) is 13.8 Å². The first-order chi connectivity index (χ1) is 9.56. The molecule has 0 radical (unpaired) electrons. The standard InChI is InChI=1S/C16H31N3O2/c1-12-7-13(2)9-19(8-12)11-15(21)18(6)10-14(20)17-16(3,4)5/h12-13H,7-11H2,1-6H3,(H,17,20)/t12-,13-/m1/s1. The van der Waals surface area contributed by atoms with Gasteiger partial charge in [-0.15, -0.1) is 0 Å². The molecule has 1 heterocycles. The highest BCUT2D eigenvalue weighted by molar-refractivity contribution is 5.85. The molecule has 1 aliphatic heterocycles. The second-order valence-corrected chi connectivity index (χ2v) is 7.69. The SMILES string of the molecule is C[C@@H]1C[C@@H](C)CN(CC(=O)N(C)CC(=O)NC(C)(C)C)C1. The first-order valence-electron chi connectivity index (χ1n) is 7.84. The van der Waals surface area contributed by atoms with E-state index in [0.717, 1.165) is 13.1 Å². The molecule has 1 fully saturated rings. The Labute approximate surface area is 129 Å². The van der Waals surface area contributed by atoms with Crippen molar-refractivity contribution >= 4 is 11.8 Å². The number of amides is 2. The van der Waals surface area contributed by atoms with Gasteiger partial charge in [0.05, 0.1) is 13.1 Å². The lowest BCUT2D eigenvalue weighted by Crippen LogP contribution is -2.49. The number of carbonyl (C=O) groups excluding carboxylic acids is 2. The Hall–Kier alpha value is -1.10. The maximum atomic E-state index is 12.2. The third-order valence-corrected chi connectivity index (χ3v) is 3.62. The third-order valence-electron chi connectivity index (χ3n) is 3.62. The van der Waals surface area contributed by atoms with Crippen molar-refractivity contribution in [1.82, 2.24) is 15.1 Å². The summed E-state index contributed by atoms with van der Waals surface area (Å²) < 4.78 is 0. The van der Waals surface area contributed by atoms with Crippen molar-refractivity contribution in [2.24, 2.45) is 11.8 Å². The summed E-state index contributed by atoms with van der Waals surface area (Å²) in [7, 11) is 1.70. The van der Waals surface area contributed by atoms with E-state index >= 15 is 0 Å². The van der Waals surface area contributed by atoms with Crippen LogP contribution in [0.4, 0.5) is 0 Å². The quantitative estimate of drug-likeness (QED) is 0.852. The zero-order chi connectivity index (χ0) is 16.2. The highest BCUT2D eigenvalue weighted by Gasteiger charge is 2.25. The fraction of sp³-hybridized carbons (Fsp3) is 0.875. The number of piperidine rings is 1. The molecule has 1 N–H and O–H groups in total. The summed E-state index contributed by atoms with van der Waals surface area (Å²) in [6.07, 6.45) is 1.23. The Morgan fingerprint density at radius 2 is 1.71 bits per heavy atom. The van der Waals surface area contributed by atoms with Crippen molar-refractivity contribution in [1.29, 1.82) is 0 Å². The van der Waals surface area contributed by atoms with E-state index in [0.29, 0.717) is 18.4 Å². The first-order valence-corrected chi connectivity index (χ1v) is 7.84. The van der Waals surface area contributed by atoms with Crippen molar-refractivity contribution in [3.05, 3.63) is 0 Å². The zero-order valence-electron chi connectivity index (χ0n) is 14.4.